The normalized spacial score (nSPS) is 8.75. The minimum atomic E-state index is -0.405. The summed E-state index contributed by atoms with van der Waals surface area (Å²) in [6, 6.07) is 6.45. The maximum atomic E-state index is 10.2. The summed E-state index contributed by atoms with van der Waals surface area (Å²) in [5, 5.41) is 10.9. The van der Waals surface area contributed by atoms with Crippen molar-refractivity contribution in [2.24, 2.45) is 0 Å². The fraction of sp³-hybridized carbons (Fsp3) is 0.143. The quantitative estimate of drug-likeness (QED) is 0.463. The average Bonchev–Trinajstić information content (AvgIpc) is 2.05. The van der Waals surface area contributed by atoms with Crippen molar-refractivity contribution in [2.45, 2.75) is 5.33 Å². The SMILES string of the molecule is O=[N+]([O-])c1ccc(CBr)cc1.[Ar]. The van der Waals surface area contributed by atoms with Gasteiger partial charge in [-0.1, -0.05) is 28.1 Å². The first-order valence-electron chi connectivity index (χ1n) is 3.03. The minimum Gasteiger partial charge on any atom is -0.258 e. The summed E-state index contributed by atoms with van der Waals surface area (Å²) in [6.07, 6.45) is 0. The van der Waals surface area contributed by atoms with Crippen molar-refractivity contribution in [2.75, 3.05) is 0 Å². The third kappa shape index (κ3) is 3.39. The molecule has 0 unspecified atom stereocenters. The fourth-order valence-electron chi connectivity index (χ4n) is 0.707. The molecular formula is C7H6ArBrNO2. The van der Waals surface area contributed by atoms with E-state index < -0.39 is 4.92 Å². The Morgan fingerprint density at radius 1 is 1.33 bits per heavy atom. The summed E-state index contributed by atoms with van der Waals surface area (Å²) in [5.74, 6) is 0. The number of nitrogens with zero attached hydrogens (tertiary/aromatic N) is 1. The molecule has 1 aromatic carbocycles. The molecule has 0 saturated heterocycles. The van der Waals surface area contributed by atoms with Crippen LogP contribution in [0.4, 0.5) is 5.69 Å². The van der Waals surface area contributed by atoms with Crippen molar-refractivity contribution in [3.63, 3.8) is 0 Å². The third-order valence-corrected chi connectivity index (χ3v) is 1.95. The van der Waals surface area contributed by atoms with Gasteiger partial charge in [0.2, 0.25) is 0 Å². The number of benzene rings is 1. The van der Waals surface area contributed by atoms with Gasteiger partial charge < -0.3 is 0 Å². The number of alkyl halides is 1. The number of hydrogen-bond donors (Lipinski definition) is 0. The molecule has 0 aliphatic heterocycles. The Morgan fingerprint density at radius 3 is 2.17 bits per heavy atom. The van der Waals surface area contributed by atoms with Gasteiger partial charge >= 0.3 is 0 Å². The minimum absolute atomic E-state index is 0. The van der Waals surface area contributed by atoms with E-state index in [4.69, 9.17) is 0 Å². The van der Waals surface area contributed by atoms with Crippen LogP contribution >= 0.6 is 15.9 Å². The molecule has 0 atom stereocenters. The van der Waals surface area contributed by atoms with E-state index in [1.165, 1.54) is 12.1 Å². The molecule has 0 amide bonds. The molecule has 0 spiro atoms. The van der Waals surface area contributed by atoms with Crippen LogP contribution in [0.2, 0.25) is 0 Å². The van der Waals surface area contributed by atoms with Crippen LogP contribution in [0.3, 0.4) is 0 Å². The second-order valence-electron chi connectivity index (χ2n) is 2.06. The Balaban J connectivity index is 0.00000121. The zero-order valence-electron chi connectivity index (χ0n) is 6.01. The number of nitro groups is 1. The van der Waals surface area contributed by atoms with E-state index in [9.17, 15) is 10.1 Å². The molecule has 1 aromatic rings. The van der Waals surface area contributed by atoms with Crippen LogP contribution in [-0.2, 0) is 5.33 Å². The summed E-state index contributed by atoms with van der Waals surface area (Å²) < 4.78 is 0. The largest absolute Gasteiger partial charge is 0.269 e. The molecule has 0 saturated carbocycles. The molecule has 12 heavy (non-hydrogen) atoms. The molecule has 0 aliphatic carbocycles. The first-order chi connectivity index (χ1) is 5.24. The van der Waals surface area contributed by atoms with Crippen LogP contribution in [0.25, 0.3) is 0 Å². The number of hydrogen-bond acceptors (Lipinski definition) is 2. The van der Waals surface area contributed by atoms with Crippen molar-refractivity contribution in [1.29, 1.82) is 0 Å². The molecule has 1 rings (SSSR count). The van der Waals surface area contributed by atoms with E-state index in [0.29, 0.717) is 0 Å². The van der Waals surface area contributed by atoms with E-state index in [0.717, 1.165) is 10.9 Å². The standard InChI is InChI=1S/C7H6BrNO2.Ar/c8-5-6-1-3-7(4-2-6)9(10)11;/h1-4H,5H2;. The smallest absolute Gasteiger partial charge is 0.258 e. The first kappa shape index (κ1) is 12.4. The maximum Gasteiger partial charge on any atom is 0.269 e. The predicted octanol–water partition coefficient (Wildman–Crippen LogP) is 2.49. The molecule has 0 aliphatic rings. The summed E-state index contributed by atoms with van der Waals surface area (Å²) in [5.41, 5.74) is 1.17. The summed E-state index contributed by atoms with van der Waals surface area (Å²) in [7, 11) is 0. The molecule has 0 radical (unpaired) electrons. The maximum absolute atomic E-state index is 10.2. The zero-order valence-corrected chi connectivity index (χ0v) is 8.30. The van der Waals surface area contributed by atoms with Crippen LogP contribution in [-0.4, -0.2) is 4.92 Å². The van der Waals surface area contributed by atoms with Crippen LogP contribution in [0.1, 0.15) is 5.56 Å². The van der Waals surface area contributed by atoms with E-state index in [1.54, 1.807) is 12.1 Å². The number of non-ortho nitro benzene ring substituents is 1. The Hall–Kier alpha value is 0.360. The van der Waals surface area contributed by atoms with E-state index >= 15 is 0 Å². The van der Waals surface area contributed by atoms with Crippen molar-refractivity contribution < 1.29 is 42.7 Å². The van der Waals surface area contributed by atoms with Crippen molar-refractivity contribution >= 4 is 21.6 Å². The van der Waals surface area contributed by atoms with E-state index in [-0.39, 0.29) is 43.4 Å². The van der Waals surface area contributed by atoms with Crippen LogP contribution < -0.4 is 0 Å². The van der Waals surface area contributed by atoms with Gasteiger partial charge in [0.25, 0.3) is 5.69 Å². The van der Waals surface area contributed by atoms with Gasteiger partial charge in [-0.05, 0) is 5.56 Å². The molecule has 0 N–H and O–H groups in total. The fourth-order valence-corrected chi connectivity index (χ4v) is 1.08. The van der Waals surface area contributed by atoms with Crippen LogP contribution in [0.5, 0.6) is 0 Å². The topological polar surface area (TPSA) is 43.1 Å². The van der Waals surface area contributed by atoms with Crippen molar-refractivity contribution in [1.82, 2.24) is 0 Å². The average molecular weight is 256 g/mol. The van der Waals surface area contributed by atoms with Crippen LogP contribution in [0.15, 0.2) is 24.3 Å². The van der Waals surface area contributed by atoms with E-state index in [1.807, 2.05) is 0 Å². The van der Waals surface area contributed by atoms with Gasteiger partial charge in [-0.3, -0.25) is 10.1 Å². The Kier molecular flexibility index (Phi) is 6.09. The monoisotopic (exact) mass is 255 g/mol. The van der Waals surface area contributed by atoms with Gasteiger partial charge in [0.1, 0.15) is 0 Å². The summed E-state index contributed by atoms with van der Waals surface area (Å²) in [4.78, 5) is 9.79. The number of nitro benzene ring substituents is 1. The van der Waals surface area contributed by atoms with E-state index in [2.05, 4.69) is 15.9 Å². The van der Waals surface area contributed by atoms with Crippen molar-refractivity contribution in [3.8, 4) is 0 Å². The van der Waals surface area contributed by atoms with Gasteiger partial charge in [0.05, 0.1) is 4.92 Å². The molecule has 0 aromatic heterocycles. The summed E-state index contributed by atoms with van der Waals surface area (Å²) >= 11 is 3.25. The molecule has 0 heterocycles. The molecule has 0 fully saturated rings. The van der Waals surface area contributed by atoms with Gasteiger partial charge in [-0.15, -0.1) is 0 Å². The third-order valence-electron chi connectivity index (χ3n) is 1.30. The van der Waals surface area contributed by atoms with Gasteiger partial charge in [-0.2, -0.15) is 0 Å². The molecular weight excluding hydrogens is 250 g/mol. The molecule has 66 valence electrons. The predicted molar refractivity (Wildman–Crippen MR) is 45.7 cm³/mol. The molecule has 3 nitrogen and oxygen atoms in total. The van der Waals surface area contributed by atoms with Gasteiger partial charge in [0.15, 0.2) is 0 Å². The van der Waals surface area contributed by atoms with Gasteiger partial charge in [0, 0.05) is 55.2 Å². The zero-order chi connectivity index (χ0) is 8.27. The van der Waals surface area contributed by atoms with Crippen LogP contribution in [0, 0.1) is 47.9 Å². The number of rotatable bonds is 2. The second-order valence-corrected chi connectivity index (χ2v) is 2.62. The molecule has 0 bridgehead atoms. The number of halogens is 1. The Morgan fingerprint density at radius 2 is 1.83 bits per heavy atom. The summed E-state index contributed by atoms with van der Waals surface area (Å²) in [6.45, 7) is 0. The first-order valence-corrected chi connectivity index (χ1v) is 4.15. The second kappa shape index (κ2) is 5.91. The van der Waals surface area contributed by atoms with Crippen molar-refractivity contribution in [3.05, 3.63) is 39.9 Å². The van der Waals surface area contributed by atoms with Gasteiger partial charge in [-0.25, -0.2) is 0 Å². The Labute approximate surface area is 108 Å². The molecule has 5 heteroatoms. The Bertz CT molecular complexity index is 263.